The van der Waals surface area contributed by atoms with Crippen LogP contribution < -0.4 is 24.6 Å². The zero-order valence-corrected chi connectivity index (χ0v) is 30.5. The Kier molecular flexibility index (Phi) is 14.9. The molecule has 0 amide bonds. The Bertz CT molecular complexity index is 1730. The number of hydrogen-bond acceptors (Lipinski definition) is 11. The SMILES string of the molecule is CCc1oc(=O)c(Cc2c(OC(C)=O)c(CC=C(C)CCC=C(C)C)c(OC(C)=O)c(C(=O)[C@H](C)CC)c2OC(C)=O)c(OC(C)=O)c1C. The first-order valence-corrected chi connectivity index (χ1v) is 16.4. The van der Waals surface area contributed by atoms with Crippen molar-refractivity contribution in [2.45, 2.75) is 115 Å². The van der Waals surface area contributed by atoms with E-state index in [4.69, 9.17) is 23.4 Å². The molecule has 11 nitrogen and oxygen atoms in total. The molecule has 0 aliphatic heterocycles. The van der Waals surface area contributed by atoms with Crippen LogP contribution in [0.15, 0.2) is 32.5 Å². The Labute approximate surface area is 287 Å². The second-order valence-electron chi connectivity index (χ2n) is 12.2. The molecule has 0 saturated heterocycles. The molecule has 49 heavy (non-hydrogen) atoms. The number of rotatable bonds is 15. The summed E-state index contributed by atoms with van der Waals surface area (Å²) in [7, 11) is 0. The van der Waals surface area contributed by atoms with Gasteiger partial charge in [0.1, 0.15) is 22.8 Å². The van der Waals surface area contributed by atoms with E-state index in [9.17, 15) is 28.8 Å². The van der Waals surface area contributed by atoms with Gasteiger partial charge in [-0.05, 0) is 53.4 Å². The van der Waals surface area contributed by atoms with Gasteiger partial charge in [-0.15, -0.1) is 0 Å². The second kappa shape index (κ2) is 18.1. The zero-order chi connectivity index (χ0) is 37.2. The van der Waals surface area contributed by atoms with Crippen molar-refractivity contribution < 1.29 is 47.3 Å². The van der Waals surface area contributed by atoms with Gasteiger partial charge in [-0.1, -0.05) is 44.1 Å². The van der Waals surface area contributed by atoms with Crippen LogP contribution in [0.1, 0.15) is 127 Å². The Morgan fingerprint density at radius 3 is 1.71 bits per heavy atom. The van der Waals surface area contributed by atoms with Crippen molar-refractivity contribution in [3.05, 3.63) is 67.3 Å². The highest BCUT2D eigenvalue weighted by atomic mass is 16.6. The highest BCUT2D eigenvalue weighted by Gasteiger charge is 2.35. The van der Waals surface area contributed by atoms with E-state index < -0.39 is 47.6 Å². The summed E-state index contributed by atoms with van der Waals surface area (Å²) in [6.07, 6.45) is 5.70. The first kappa shape index (κ1) is 40.4. The smallest absolute Gasteiger partial charge is 0.343 e. The van der Waals surface area contributed by atoms with E-state index in [2.05, 4.69) is 6.08 Å². The first-order valence-electron chi connectivity index (χ1n) is 16.4. The van der Waals surface area contributed by atoms with E-state index in [1.807, 2.05) is 26.8 Å². The summed E-state index contributed by atoms with van der Waals surface area (Å²) in [5.74, 6) is -4.78. The molecule has 2 rings (SSSR count). The monoisotopic (exact) mass is 680 g/mol. The predicted octanol–water partition coefficient (Wildman–Crippen LogP) is 7.27. The number of carbonyl (C=O) groups is 5. The van der Waals surface area contributed by atoms with Gasteiger partial charge in [-0.25, -0.2) is 4.79 Å². The fraction of sp³-hybridized carbons (Fsp3) is 0.474. The maximum Gasteiger partial charge on any atom is 0.343 e. The molecule has 0 radical (unpaired) electrons. The molecule has 0 fully saturated rings. The lowest BCUT2D eigenvalue weighted by Gasteiger charge is -2.25. The molecule has 0 N–H and O–H groups in total. The van der Waals surface area contributed by atoms with Gasteiger partial charge < -0.3 is 23.4 Å². The minimum Gasteiger partial charge on any atom is -0.427 e. The summed E-state index contributed by atoms with van der Waals surface area (Å²) in [4.78, 5) is 77.9. The van der Waals surface area contributed by atoms with Gasteiger partial charge >= 0.3 is 29.5 Å². The molecule has 266 valence electrons. The molecule has 1 aromatic heterocycles. The van der Waals surface area contributed by atoms with Crippen LogP contribution in [0.4, 0.5) is 0 Å². The van der Waals surface area contributed by atoms with E-state index in [1.165, 1.54) is 12.5 Å². The summed E-state index contributed by atoms with van der Waals surface area (Å²) >= 11 is 0. The molecule has 0 unspecified atom stereocenters. The highest BCUT2D eigenvalue weighted by Crippen LogP contribution is 2.47. The number of carbonyl (C=O) groups excluding carboxylic acids is 5. The maximum absolute atomic E-state index is 14.2. The summed E-state index contributed by atoms with van der Waals surface area (Å²) < 4.78 is 28.3. The molecule has 0 saturated carbocycles. The van der Waals surface area contributed by atoms with Gasteiger partial charge in [0.15, 0.2) is 17.3 Å². The van der Waals surface area contributed by atoms with Crippen LogP contribution in [0.5, 0.6) is 23.0 Å². The van der Waals surface area contributed by atoms with Crippen molar-refractivity contribution in [1.29, 1.82) is 0 Å². The molecular weight excluding hydrogens is 632 g/mol. The third-order valence-corrected chi connectivity index (χ3v) is 7.76. The number of hydrogen-bond donors (Lipinski definition) is 0. The van der Waals surface area contributed by atoms with Crippen molar-refractivity contribution >= 4 is 29.7 Å². The lowest BCUT2D eigenvalue weighted by Crippen LogP contribution is -2.22. The van der Waals surface area contributed by atoms with Crippen LogP contribution in [0.25, 0.3) is 0 Å². The van der Waals surface area contributed by atoms with Gasteiger partial charge in [-0.2, -0.15) is 0 Å². The second-order valence-corrected chi connectivity index (χ2v) is 12.2. The number of esters is 4. The molecule has 0 bridgehead atoms. The van der Waals surface area contributed by atoms with Crippen molar-refractivity contribution in [1.82, 2.24) is 0 Å². The third-order valence-electron chi connectivity index (χ3n) is 7.76. The number of Topliss-reactive ketones (excluding diaryl/α,β-unsaturated/α-hetero) is 1. The summed E-state index contributed by atoms with van der Waals surface area (Å²) in [5.41, 5.74) is 1.39. The summed E-state index contributed by atoms with van der Waals surface area (Å²) in [6, 6.07) is 0. The van der Waals surface area contributed by atoms with Crippen molar-refractivity contribution in [3.63, 3.8) is 0 Å². The van der Waals surface area contributed by atoms with Gasteiger partial charge in [0.05, 0.1) is 5.56 Å². The summed E-state index contributed by atoms with van der Waals surface area (Å²) in [5, 5.41) is 0. The van der Waals surface area contributed by atoms with Crippen LogP contribution in [0, 0.1) is 12.8 Å². The van der Waals surface area contributed by atoms with Crippen LogP contribution in [0.3, 0.4) is 0 Å². The van der Waals surface area contributed by atoms with Gasteiger partial charge in [0, 0.05) is 63.1 Å². The molecule has 0 spiro atoms. The molecule has 1 aromatic carbocycles. The van der Waals surface area contributed by atoms with Crippen molar-refractivity contribution in [2.24, 2.45) is 5.92 Å². The fourth-order valence-electron chi connectivity index (χ4n) is 5.19. The molecule has 0 aliphatic rings. The Morgan fingerprint density at radius 2 is 1.22 bits per heavy atom. The quantitative estimate of drug-likeness (QED) is 0.0808. The first-order chi connectivity index (χ1) is 22.9. The third kappa shape index (κ3) is 10.9. The van der Waals surface area contributed by atoms with Gasteiger partial charge in [0.25, 0.3) is 0 Å². The van der Waals surface area contributed by atoms with E-state index >= 15 is 0 Å². The summed E-state index contributed by atoms with van der Waals surface area (Å²) in [6.45, 7) is 17.4. The minimum absolute atomic E-state index is 0.0270. The molecule has 2 aromatic rings. The zero-order valence-electron chi connectivity index (χ0n) is 30.5. The standard InChI is InChI=1S/C38H48O11/c1-12-22(6)33(43)32-36(47-26(10)41)28(18-17-21(5)16-14-15-20(3)4)35(46-25(9)40)29(37(32)48-27(11)42)19-30-34(45-24(8)39)23(7)31(13-2)49-38(30)44/h15,17,22H,12-14,16,18-19H2,1-11H3/t22-/m1/s1. The Morgan fingerprint density at radius 1 is 0.714 bits per heavy atom. The largest absolute Gasteiger partial charge is 0.427 e. The average Bonchev–Trinajstić information content (AvgIpc) is 2.99. The lowest BCUT2D eigenvalue weighted by molar-refractivity contribution is -0.133. The highest BCUT2D eigenvalue weighted by molar-refractivity contribution is 6.05. The predicted molar refractivity (Wildman–Crippen MR) is 183 cm³/mol. The molecule has 1 atom stereocenters. The normalized spacial score (nSPS) is 11.8. The van der Waals surface area contributed by atoms with E-state index in [-0.39, 0.29) is 57.4 Å². The van der Waals surface area contributed by atoms with Gasteiger partial charge in [-0.3, -0.25) is 24.0 Å². The van der Waals surface area contributed by atoms with Crippen molar-refractivity contribution in [2.75, 3.05) is 0 Å². The van der Waals surface area contributed by atoms with Crippen LogP contribution in [-0.4, -0.2) is 29.7 Å². The molecule has 1 heterocycles. The maximum atomic E-state index is 14.2. The molecule has 0 aliphatic carbocycles. The van der Waals surface area contributed by atoms with E-state index in [1.54, 1.807) is 27.7 Å². The number of ether oxygens (including phenoxy) is 4. The fourth-order valence-corrected chi connectivity index (χ4v) is 5.19. The number of ketones is 1. The minimum atomic E-state index is -0.850. The van der Waals surface area contributed by atoms with E-state index in [0.717, 1.165) is 32.8 Å². The Balaban J connectivity index is 3.26. The molecule has 11 heteroatoms. The van der Waals surface area contributed by atoms with E-state index in [0.29, 0.717) is 24.8 Å². The number of aryl methyl sites for hydroxylation is 1. The Hall–Kier alpha value is -4.80. The van der Waals surface area contributed by atoms with Crippen LogP contribution in [-0.2, 0) is 38.4 Å². The van der Waals surface area contributed by atoms with Crippen LogP contribution >= 0.6 is 0 Å². The molecular formula is C38H48O11. The van der Waals surface area contributed by atoms with Gasteiger partial charge in [0.2, 0.25) is 0 Å². The van der Waals surface area contributed by atoms with Crippen molar-refractivity contribution in [3.8, 4) is 23.0 Å². The average molecular weight is 681 g/mol. The number of allylic oxidation sites excluding steroid dienone is 4. The van der Waals surface area contributed by atoms with Crippen LogP contribution in [0.2, 0.25) is 0 Å². The topological polar surface area (TPSA) is 152 Å². The number of benzene rings is 1. The lowest BCUT2D eigenvalue weighted by atomic mass is 9.88.